The van der Waals surface area contributed by atoms with Crippen molar-refractivity contribution in [2.45, 2.75) is 25.9 Å². The Morgan fingerprint density at radius 3 is 2.48 bits per heavy atom. The highest BCUT2D eigenvalue weighted by atomic mass is 19.4. The van der Waals surface area contributed by atoms with Crippen LogP contribution in [0.5, 0.6) is 5.75 Å². The highest BCUT2D eigenvalue weighted by Gasteiger charge is 2.33. The van der Waals surface area contributed by atoms with Crippen LogP contribution in [0.25, 0.3) is 0 Å². The molecule has 0 N–H and O–H groups in total. The van der Waals surface area contributed by atoms with E-state index >= 15 is 0 Å². The fourth-order valence-corrected chi connectivity index (χ4v) is 1.78. The number of hydrogen-bond donors (Lipinski definition) is 0. The molecule has 1 rings (SSSR count). The van der Waals surface area contributed by atoms with E-state index in [-0.39, 0.29) is 12.3 Å². The first-order valence-electron chi connectivity index (χ1n) is 6.48. The first-order chi connectivity index (χ1) is 9.78. The summed E-state index contributed by atoms with van der Waals surface area (Å²) in [5, 5.41) is 0. The van der Waals surface area contributed by atoms with Gasteiger partial charge in [0.15, 0.2) is 0 Å². The van der Waals surface area contributed by atoms with Gasteiger partial charge in [-0.15, -0.1) is 0 Å². The smallest absolute Gasteiger partial charge is 0.406 e. The molecule has 0 unspecified atom stereocenters. The van der Waals surface area contributed by atoms with Gasteiger partial charge in [-0.3, -0.25) is 4.79 Å². The largest absolute Gasteiger partial charge is 0.497 e. The lowest BCUT2D eigenvalue weighted by Gasteiger charge is -2.24. The van der Waals surface area contributed by atoms with Crippen LogP contribution in [0.3, 0.4) is 0 Å². The minimum atomic E-state index is -4.52. The Bertz CT molecular complexity index is 488. The average molecular weight is 307 g/mol. The summed E-state index contributed by atoms with van der Waals surface area (Å²) in [7, 11) is 1.33. The van der Waals surface area contributed by atoms with Crippen LogP contribution in [-0.2, 0) is 0 Å². The van der Waals surface area contributed by atoms with Gasteiger partial charge in [0.05, 0.1) is 12.7 Å². The lowest BCUT2D eigenvalue weighted by molar-refractivity contribution is -0.140. The molecule has 0 saturated heterocycles. The van der Waals surface area contributed by atoms with Gasteiger partial charge in [-0.25, -0.2) is 4.39 Å². The predicted octanol–water partition coefficient (Wildman–Crippen LogP) is 3.64. The minimum absolute atomic E-state index is 0.0691. The van der Waals surface area contributed by atoms with Gasteiger partial charge in [-0.1, -0.05) is 13.3 Å². The Morgan fingerprint density at radius 2 is 2.00 bits per heavy atom. The second-order valence-corrected chi connectivity index (χ2v) is 4.54. The molecule has 3 nitrogen and oxygen atoms in total. The molecular formula is C14H17F4NO2. The van der Waals surface area contributed by atoms with Gasteiger partial charge in [0.1, 0.15) is 18.1 Å². The number of alkyl halides is 3. The van der Waals surface area contributed by atoms with Crippen LogP contribution in [0.4, 0.5) is 17.6 Å². The molecule has 0 heterocycles. The van der Waals surface area contributed by atoms with E-state index in [4.69, 9.17) is 4.74 Å². The number of carbonyl (C=O) groups excluding carboxylic acids is 1. The summed E-state index contributed by atoms with van der Waals surface area (Å²) in [6.45, 7) is 0.335. The number of unbranched alkanes of at least 4 members (excludes halogenated alkanes) is 1. The summed E-state index contributed by atoms with van der Waals surface area (Å²) in [4.78, 5) is 12.7. The number of rotatable bonds is 6. The van der Waals surface area contributed by atoms with E-state index in [1.54, 1.807) is 6.92 Å². The minimum Gasteiger partial charge on any atom is -0.497 e. The van der Waals surface area contributed by atoms with Crippen molar-refractivity contribution in [2.24, 2.45) is 0 Å². The predicted molar refractivity (Wildman–Crippen MR) is 69.8 cm³/mol. The lowest BCUT2D eigenvalue weighted by Crippen LogP contribution is -2.40. The molecule has 0 bridgehead atoms. The van der Waals surface area contributed by atoms with Crippen LogP contribution in [-0.4, -0.2) is 37.2 Å². The van der Waals surface area contributed by atoms with Gasteiger partial charge < -0.3 is 9.64 Å². The van der Waals surface area contributed by atoms with Gasteiger partial charge in [0.2, 0.25) is 0 Å². The van der Waals surface area contributed by atoms with E-state index in [2.05, 4.69) is 0 Å². The van der Waals surface area contributed by atoms with Crippen molar-refractivity contribution in [1.29, 1.82) is 0 Å². The SMILES string of the molecule is CCCCN(CC(F)(F)F)C(=O)c1ccc(OC)cc1F. The Hall–Kier alpha value is -1.79. The summed E-state index contributed by atoms with van der Waals surface area (Å²) in [5.74, 6) is -1.68. The molecule has 0 spiro atoms. The number of hydrogen-bond acceptors (Lipinski definition) is 2. The molecule has 0 aliphatic carbocycles. The number of methoxy groups -OCH3 is 1. The molecule has 1 aromatic rings. The molecule has 0 atom stereocenters. The monoisotopic (exact) mass is 307 g/mol. The first kappa shape index (κ1) is 17.3. The van der Waals surface area contributed by atoms with Crippen LogP contribution in [0.2, 0.25) is 0 Å². The zero-order valence-corrected chi connectivity index (χ0v) is 11.8. The number of halogens is 4. The molecular weight excluding hydrogens is 290 g/mol. The standard InChI is InChI=1S/C14H17F4NO2/c1-3-4-7-19(9-14(16,17)18)13(20)11-6-5-10(21-2)8-12(11)15/h5-6,8H,3-4,7,9H2,1-2H3. The normalized spacial score (nSPS) is 11.3. The molecule has 21 heavy (non-hydrogen) atoms. The molecule has 0 aliphatic heterocycles. The maximum absolute atomic E-state index is 13.8. The third-order valence-electron chi connectivity index (χ3n) is 2.85. The van der Waals surface area contributed by atoms with Crippen LogP contribution >= 0.6 is 0 Å². The molecule has 7 heteroatoms. The molecule has 0 radical (unpaired) electrons. The topological polar surface area (TPSA) is 29.5 Å². The fourth-order valence-electron chi connectivity index (χ4n) is 1.78. The number of nitrogens with zero attached hydrogens (tertiary/aromatic N) is 1. The summed E-state index contributed by atoms with van der Waals surface area (Å²) < 4.78 is 56.1. The molecule has 118 valence electrons. The van der Waals surface area contributed by atoms with E-state index in [1.807, 2.05) is 0 Å². The quantitative estimate of drug-likeness (QED) is 0.751. The average Bonchev–Trinajstić information content (AvgIpc) is 2.41. The highest BCUT2D eigenvalue weighted by Crippen LogP contribution is 2.21. The maximum Gasteiger partial charge on any atom is 0.406 e. The number of benzene rings is 1. The second kappa shape index (κ2) is 7.28. The number of carbonyl (C=O) groups is 1. The van der Waals surface area contributed by atoms with Gasteiger partial charge in [-0.2, -0.15) is 13.2 Å². The summed E-state index contributed by atoms with van der Waals surface area (Å²) >= 11 is 0. The summed E-state index contributed by atoms with van der Waals surface area (Å²) in [6.07, 6.45) is -3.47. The lowest BCUT2D eigenvalue weighted by atomic mass is 10.1. The van der Waals surface area contributed by atoms with Crippen molar-refractivity contribution in [3.05, 3.63) is 29.6 Å². The number of amides is 1. The number of ether oxygens (including phenoxy) is 1. The summed E-state index contributed by atoms with van der Waals surface area (Å²) in [5.41, 5.74) is -0.392. The van der Waals surface area contributed by atoms with Crippen molar-refractivity contribution in [3.8, 4) is 5.75 Å². The third kappa shape index (κ3) is 5.24. The molecule has 1 aromatic carbocycles. The van der Waals surface area contributed by atoms with Gasteiger partial charge in [0.25, 0.3) is 5.91 Å². The van der Waals surface area contributed by atoms with Gasteiger partial charge in [0, 0.05) is 12.6 Å². The molecule has 0 fully saturated rings. The second-order valence-electron chi connectivity index (χ2n) is 4.54. The molecule has 1 amide bonds. The Morgan fingerprint density at radius 1 is 1.33 bits per heavy atom. The van der Waals surface area contributed by atoms with E-state index < -0.39 is 30.0 Å². The van der Waals surface area contributed by atoms with Gasteiger partial charge in [-0.05, 0) is 18.6 Å². The van der Waals surface area contributed by atoms with Crippen LogP contribution in [0.1, 0.15) is 30.1 Å². The van der Waals surface area contributed by atoms with Crippen LogP contribution in [0, 0.1) is 5.82 Å². The van der Waals surface area contributed by atoms with E-state index in [1.165, 1.54) is 13.2 Å². The molecule has 0 aliphatic rings. The van der Waals surface area contributed by atoms with Crippen molar-refractivity contribution >= 4 is 5.91 Å². The highest BCUT2D eigenvalue weighted by molar-refractivity contribution is 5.94. The van der Waals surface area contributed by atoms with E-state index in [9.17, 15) is 22.4 Å². The van der Waals surface area contributed by atoms with E-state index in [0.29, 0.717) is 17.7 Å². The zero-order valence-electron chi connectivity index (χ0n) is 11.8. The van der Waals surface area contributed by atoms with Crippen LogP contribution < -0.4 is 4.74 Å². The molecule has 0 saturated carbocycles. The Labute approximate surface area is 120 Å². The van der Waals surface area contributed by atoms with Crippen molar-refractivity contribution in [1.82, 2.24) is 4.90 Å². The van der Waals surface area contributed by atoms with Crippen molar-refractivity contribution in [3.63, 3.8) is 0 Å². The maximum atomic E-state index is 13.8. The van der Waals surface area contributed by atoms with E-state index in [0.717, 1.165) is 12.1 Å². The van der Waals surface area contributed by atoms with Crippen LogP contribution in [0.15, 0.2) is 18.2 Å². The first-order valence-corrected chi connectivity index (χ1v) is 6.48. The molecule has 0 aromatic heterocycles. The Kier molecular flexibility index (Phi) is 5.99. The fraction of sp³-hybridized carbons (Fsp3) is 0.500. The van der Waals surface area contributed by atoms with Crippen molar-refractivity contribution in [2.75, 3.05) is 20.2 Å². The van der Waals surface area contributed by atoms with Crippen molar-refractivity contribution < 1.29 is 27.1 Å². The van der Waals surface area contributed by atoms with Gasteiger partial charge >= 0.3 is 6.18 Å². The third-order valence-corrected chi connectivity index (χ3v) is 2.85. The zero-order chi connectivity index (χ0) is 16.0. The Balaban J connectivity index is 2.98. The summed E-state index contributed by atoms with van der Waals surface area (Å²) in [6, 6.07) is 3.44.